The molecule has 4 aromatic carbocycles. The van der Waals surface area contributed by atoms with Crippen molar-refractivity contribution < 1.29 is 33.4 Å². The number of benzene rings is 4. The van der Waals surface area contributed by atoms with Crippen molar-refractivity contribution in [1.29, 1.82) is 0 Å². The first-order valence-corrected chi connectivity index (χ1v) is 16.0. The van der Waals surface area contributed by atoms with E-state index in [9.17, 15) is 24.0 Å². The van der Waals surface area contributed by atoms with E-state index in [1.54, 1.807) is 36.4 Å². The monoisotopic (exact) mass is 662 g/mol. The van der Waals surface area contributed by atoms with Crippen molar-refractivity contribution in [3.05, 3.63) is 131 Å². The van der Waals surface area contributed by atoms with Gasteiger partial charge in [0, 0.05) is 12.3 Å². The van der Waals surface area contributed by atoms with Crippen LogP contribution in [0, 0.1) is 0 Å². The number of nitrogens with one attached hydrogen (secondary N) is 4. The Balaban J connectivity index is 1.14. The molecule has 1 aliphatic carbocycles. The van der Waals surface area contributed by atoms with E-state index < -0.39 is 48.0 Å². The van der Waals surface area contributed by atoms with Gasteiger partial charge in [-0.2, -0.15) is 0 Å². The van der Waals surface area contributed by atoms with E-state index in [0.29, 0.717) is 0 Å². The van der Waals surface area contributed by atoms with Crippen LogP contribution >= 0.6 is 0 Å². The van der Waals surface area contributed by atoms with Crippen LogP contribution in [0.1, 0.15) is 42.0 Å². The summed E-state index contributed by atoms with van der Waals surface area (Å²) in [7, 11) is 0. The molecule has 0 radical (unpaired) electrons. The maximum atomic E-state index is 13.3. The molecule has 0 saturated heterocycles. The molecule has 0 saturated carbocycles. The minimum Gasteiger partial charge on any atom is -0.449 e. The lowest BCUT2D eigenvalue weighted by Gasteiger charge is -2.22. The molecule has 4 aromatic rings. The van der Waals surface area contributed by atoms with E-state index >= 15 is 0 Å². The van der Waals surface area contributed by atoms with Crippen LogP contribution in [-0.4, -0.2) is 54.6 Å². The van der Waals surface area contributed by atoms with Crippen molar-refractivity contribution in [3.63, 3.8) is 0 Å². The van der Waals surface area contributed by atoms with E-state index in [0.717, 1.165) is 33.4 Å². The number of amides is 5. The maximum absolute atomic E-state index is 13.3. The van der Waals surface area contributed by atoms with Gasteiger partial charge in [0.05, 0.1) is 0 Å². The summed E-state index contributed by atoms with van der Waals surface area (Å²) in [5.74, 6) is -2.40. The molecular weight excluding hydrogens is 624 g/mol. The van der Waals surface area contributed by atoms with Gasteiger partial charge in [-0.25, -0.2) is 9.59 Å². The van der Waals surface area contributed by atoms with Crippen molar-refractivity contribution in [1.82, 2.24) is 21.3 Å². The Morgan fingerprint density at radius 3 is 1.65 bits per heavy atom. The van der Waals surface area contributed by atoms with Gasteiger partial charge >= 0.3 is 12.2 Å². The second-order valence-electron chi connectivity index (χ2n) is 11.7. The molecule has 0 unspecified atom stereocenters. The summed E-state index contributed by atoms with van der Waals surface area (Å²) in [6.07, 6.45) is -1.56. The average Bonchev–Trinajstić information content (AvgIpc) is 3.43. The van der Waals surface area contributed by atoms with Gasteiger partial charge in [-0.15, -0.1) is 0 Å². The highest BCUT2D eigenvalue weighted by molar-refractivity contribution is 6.02. The zero-order valence-corrected chi connectivity index (χ0v) is 27.2. The van der Waals surface area contributed by atoms with Crippen LogP contribution in [0.5, 0.6) is 0 Å². The van der Waals surface area contributed by atoms with Gasteiger partial charge in [0.25, 0.3) is 0 Å². The van der Waals surface area contributed by atoms with Crippen molar-refractivity contribution in [3.8, 4) is 11.1 Å². The summed E-state index contributed by atoms with van der Waals surface area (Å²) in [6.45, 7) is 2.94. The van der Waals surface area contributed by atoms with Crippen LogP contribution in [0.15, 0.2) is 109 Å². The number of imide groups is 1. The number of hydrogen-bond acceptors (Lipinski definition) is 7. The first-order valence-electron chi connectivity index (χ1n) is 16.0. The maximum Gasteiger partial charge on any atom is 0.408 e. The second-order valence-corrected chi connectivity index (χ2v) is 11.7. The van der Waals surface area contributed by atoms with Crippen LogP contribution in [0.3, 0.4) is 0 Å². The predicted molar refractivity (Wildman–Crippen MR) is 182 cm³/mol. The van der Waals surface area contributed by atoms with Crippen LogP contribution in [0.4, 0.5) is 9.59 Å². The topological polar surface area (TPSA) is 152 Å². The van der Waals surface area contributed by atoms with Crippen LogP contribution in [-0.2, 0) is 36.9 Å². The first kappa shape index (κ1) is 34.4. The second kappa shape index (κ2) is 16.2. The molecule has 4 N–H and O–H groups in total. The lowest BCUT2D eigenvalue weighted by atomic mass is 9.98. The highest BCUT2D eigenvalue weighted by Crippen LogP contribution is 2.44. The lowest BCUT2D eigenvalue weighted by Crippen LogP contribution is -2.56. The fourth-order valence-electron chi connectivity index (χ4n) is 5.56. The Hall–Kier alpha value is -5.97. The average molecular weight is 663 g/mol. The highest BCUT2D eigenvalue weighted by atomic mass is 16.6. The lowest BCUT2D eigenvalue weighted by molar-refractivity contribution is -0.135. The van der Waals surface area contributed by atoms with Crippen LogP contribution in [0.2, 0.25) is 0 Å². The molecule has 11 nitrogen and oxygen atoms in total. The number of carbonyl (C=O) groups is 5. The van der Waals surface area contributed by atoms with Gasteiger partial charge in [-0.1, -0.05) is 109 Å². The van der Waals surface area contributed by atoms with Gasteiger partial charge in [0.15, 0.2) is 0 Å². The van der Waals surface area contributed by atoms with E-state index in [1.165, 1.54) is 13.8 Å². The number of carbonyl (C=O) groups excluding carboxylic acids is 5. The van der Waals surface area contributed by atoms with E-state index in [4.69, 9.17) is 9.47 Å². The molecular formula is C38H38N4O7. The summed E-state index contributed by atoms with van der Waals surface area (Å²) in [4.78, 5) is 64.4. The molecule has 0 aromatic heterocycles. The SMILES string of the molecule is C[C@H](NC(=O)OCC1c2ccccc2-c2ccccc21)C(=O)NC(=O)[C@H](Cc1ccccc1)NC(=O)[C@H](C)NC(=O)OCc1ccccc1. The minimum absolute atomic E-state index is 0.0183. The summed E-state index contributed by atoms with van der Waals surface area (Å²) in [5.41, 5.74) is 5.78. The molecule has 5 amide bonds. The van der Waals surface area contributed by atoms with Gasteiger partial charge < -0.3 is 25.4 Å². The van der Waals surface area contributed by atoms with Crippen molar-refractivity contribution >= 4 is 29.9 Å². The van der Waals surface area contributed by atoms with Crippen molar-refractivity contribution in [2.75, 3.05) is 6.61 Å². The van der Waals surface area contributed by atoms with Gasteiger partial charge in [0.1, 0.15) is 31.3 Å². The molecule has 0 bridgehead atoms. The Morgan fingerprint density at radius 2 is 1.06 bits per heavy atom. The first-order chi connectivity index (χ1) is 23.7. The Kier molecular flexibility index (Phi) is 11.4. The molecule has 5 rings (SSSR count). The predicted octanol–water partition coefficient (Wildman–Crippen LogP) is 4.60. The standard InChI is InChI=1S/C38H38N4O7/c1-24(39-37(46)48-22-27-15-7-4-8-16-27)34(43)41-33(21-26-13-5-3-6-14-26)36(45)42-35(44)25(2)40-38(47)49-23-32-30-19-11-9-17-28(30)29-18-10-12-20-31(29)32/h3-20,24-25,32-33H,21-23H2,1-2H3,(H,39,46)(H,40,47)(H,41,43)(H,42,44,45)/t24-,25-,33-/m0/s1. The molecule has 1 aliphatic rings. The van der Waals surface area contributed by atoms with Crippen LogP contribution < -0.4 is 21.3 Å². The third kappa shape index (κ3) is 9.10. The van der Waals surface area contributed by atoms with E-state index in [2.05, 4.69) is 21.3 Å². The molecule has 3 atom stereocenters. The molecule has 0 heterocycles. The number of hydrogen-bond donors (Lipinski definition) is 4. The van der Waals surface area contributed by atoms with Gasteiger partial charge in [-0.3, -0.25) is 19.7 Å². The third-order valence-corrected chi connectivity index (χ3v) is 8.17. The fourth-order valence-corrected chi connectivity index (χ4v) is 5.56. The Morgan fingerprint density at radius 1 is 0.571 bits per heavy atom. The Labute approximate surface area is 284 Å². The molecule has 49 heavy (non-hydrogen) atoms. The minimum atomic E-state index is -1.18. The number of ether oxygens (including phenoxy) is 2. The molecule has 0 spiro atoms. The zero-order valence-electron chi connectivity index (χ0n) is 27.2. The number of alkyl carbamates (subject to hydrolysis) is 2. The van der Waals surface area contributed by atoms with Gasteiger partial charge in [-0.05, 0) is 47.2 Å². The number of rotatable bonds is 12. The largest absolute Gasteiger partial charge is 0.449 e. The normalized spacial score (nSPS) is 13.4. The Bertz CT molecular complexity index is 1750. The summed E-state index contributed by atoms with van der Waals surface area (Å²) < 4.78 is 10.7. The van der Waals surface area contributed by atoms with Crippen molar-refractivity contribution in [2.24, 2.45) is 0 Å². The van der Waals surface area contributed by atoms with Crippen LogP contribution in [0.25, 0.3) is 11.1 Å². The quantitative estimate of drug-likeness (QED) is 0.173. The smallest absolute Gasteiger partial charge is 0.408 e. The fraction of sp³-hybridized carbons (Fsp3) is 0.237. The zero-order chi connectivity index (χ0) is 34.8. The highest BCUT2D eigenvalue weighted by Gasteiger charge is 2.31. The molecule has 11 heteroatoms. The molecule has 252 valence electrons. The van der Waals surface area contributed by atoms with Crippen molar-refractivity contribution in [2.45, 2.75) is 50.9 Å². The van der Waals surface area contributed by atoms with Gasteiger partial charge in [0.2, 0.25) is 17.7 Å². The summed E-state index contributed by atoms with van der Waals surface area (Å²) in [5, 5.41) is 9.81. The van der Waals surface area contributed by atoms with E-state index in [-0.39, 0.29) is 25.6 Å². The third-order valence-electron chi connectivity index (χ3n) is 8.17. The number of fused-ring (bicyclic) bond motifs is 3. The summed E-state index contributed by atoms with van der Waals surface area (Å²) >= 11 is 0. The molecule has 0 fully saturated rings. The molecule has 0 aliphatic heterocycles. The van der Waals surface area contributed by atoms with E-state index in [1.807, 2.05) is 72.8 Å². The summed E-state index contributed by atoms with van der Waals surface area (Å²) in [6, 6.07) is 30.5.